The van der Waals surface area contributed by atoms with E-state index in [9.17, 15) is 45.6 Å². The van der Waals surface area contributed by atoms with Gasteiger partial charge in [-0.1, -0.05) is 227 Å². The van der Waals surface area contributed by atoms with Crippen molar-refractivity contribution < 1.29 is 64.6 Å². The van der Waals surface area contributed by atoms with Gasteiger partial charge in [0.1, 0.15) is 48.8 Å². The number of ether oxygens (including phenoxy) is 4. The molecule has 12 unspecified atom stereocenters. The Morgan fingerprint density at radius 3 is 1.34 bits per heavy atom. The lowest BCUT2D eigenvalue weighted by Crippen LogP contribution is -2.65. The van der Waals surface area contributed by atoms with Crippen molar-refractivity contribution in [2.45, 2.75) is 299 Å². The molecule has 2 rings (SSSR count). The van der Waals surface area contributed by atoms with E-state index in [-0.39, 0.29) is 18.9 Å². The Balaban J connectivity index is 1.58. The number of hydrogen-bond acceptors (Lipinski definition) is 13. The Kier molecular flexibility index (Phi) is 45.5. The Morgan fingerprint density at radius 1 is 0.456 bits per heavy atom. The van der Waals surface area contributed by atoms with Crippen LogP contribution in [0, 0.1) is 0 Å². The largest absolute Gasteiger partial charge is 0.394 e. The second-order valence-electron chi connectivity index (χ2n) is 21.8. The molecule has 0 aromatic rings. The third-order valence-corrected chi connectivity index (χ3v) is 14.8. The number of rotatable bonds is 49. The van der Waals surface area contributed by atoms with Gasteiger partial charge < -0.3 is 65.1 Å². The van der Waals surface area contributed by atoms with E-state index >= 15 is 0 Å². The zero-order valence-corrected chi connectivity index (χ0v) is 49.1. The lowest BCUT2D eigenvalue weighted by atomic mass is 9.97. The predicted octanol–water partition coefficient (Wildman–Crippen LogP) is 11.3. The van der Waals surface area contributed by atoms with Gasteiger partial charge in [-0.15, -0.1) is 0 Å². The van der Waals surface area contributed by atoms with E-state index < -0.39 is 86.8 Å². The van der Waals surface area contributed by atoms with Crippen molar-refractivity contribution in [1.82, 2.24) is 5.32 Å². The minimum atomic E-state index is -1.79. The summed E-state index contributed by atoms with van der Waals surface area (Å²) < 4.78 is 22.7. The number of hydrogen-bond donors (Lipinski definition) is 9. The van der Waals surface area contributed by atoms with E-state index in [1.54, 1.807) is 6.08 Å². The van der Waals surface area contributed by atoms with Crippen LogP contribution in [0.15, 0.2) is 85.1 Å². The molecule has 0 bridgehead atoms. The van der Waals surface area contributed by atoms with Crippen LogP contribution in [-0.4, -0.2) is 140 Å². The maximum absolute atomic E-state index is 13.2. The molecule has 456 valence electrons. The summed E-state index contributed by atoms with van der Waals surface area (Å²) in [5, 5.41) is 86.8. The number of carbonyl (C=O) groups excluding carboxylic acids is 1. The van der Waals surface area contributed by atoms with Crippen LogP contribution in [0.2, 0.25) is 0 Å². The highest BCUT2D eigenvalue weighted by molar-refractivity contribution is 5.76. The fourth-order valence-electron chi connectivity index (χ4n) is 9.85. The second kappa shape index (κ2) is 49.8. The highest BCUT2D eigenvalue weighted by atomic mass is 16.7. The number of carbonyl (C=O) groups is 1. The normalized spacial score (nSPS) is 25.0. The van der Waals surface area contributed by atoms with Gasteiger partial charge in [0.15, 0.2) is 12.6 Å². The average molecular weight is 1120 g/mol. The van der Waals surface area contributed by atoms with Crippen LogP contribution in [0.5, 0.6) is 0 Å². The molecule has 0 aromatic carbocycles. The van der Waals surface area contributed by atoms with Gasteiger partial charge in [0.05, 0.1) is 32.0 Å². The molecule has 9 N–H and O–H groups in total. The number of amides is 1. The van der Waals surface area contributed by atoms with E-state index in [0.717, 1.165) is 70.6 Å². The number of allylic oxidation sites excluding steroid dienone is 13. The lowest BCUT2D eigenvalue weighted by Gasteiger charge is -2.46. The summed E-state index contributed by atoms with van der Waals surface area (Å²) >= 11 is 0. The van der Waals surface area contributed by atoms with Crippen molar-refractivity contribution in [3.63, 3.8) is 0 Å². The van der Waals surface area contributed by atoms with Gasteiger partial charge in [0.2, 0.25) is 5.91 Å². The minimum absolute atomic E-state index is 0.256. The van der Waals surface area contributed by atoms with E-state index in [1.165, 1.54) is 122 Å². The number of unbranched alkanes of at least 4 members (excludes halogenated alkanes) is 24. The van der Waals surface area contributed by atoms with Crippen LogP contribution < -0.4 is 5.32 Å². The van der Waals surface area contributed by atoms with E-state index in [2.05, 4.69) is 92.1 Å². The number of nitrogens with one attached hydrogen (secondary N) is 1. The number of aliphatic hydroxyl groups excluding tert-OH is 8. The predicted molar refractivity (Wildman–Crippen MR) is 318 cm³/mol. The SMILES string of the molecule is CC/C=C\C/C=C\C/C=C\C/C=C\CCCCCCCCCCCCCCCCCCCCCCCCC(=O)NC(COC1OC(CO)C(OC2OC(CO)C(O)C(O)C2O)C(O)C1O)C(O)/C=C/CC/C=C/CC/C=C/CC. The number of aliphatic hydroxyl groups is 8. The Hall–Kier alpha value is -2.83. The summed E-state index contributed by atoms with van der Waals surface area (Å²) in [4.78, 5) is 13.2. The molecular weight excluding hydrogens is 1000 g/mol. The highest BCUT2D eigenvalue weighted by Crippen LogP contribution is 2.30. The average Bonchev–Trinajstić information content (AvgIpc) is 3.47. The van der Waals surface area contributed by atoms with Crippen molar-refractivity contribution in [2.75, 3.05) is 19.8 Å². The summed E-state index contributed by atoms with van der Waals surface area (Å²) in [5.41, 5.74) is 0. The van der Waals surface area contributed by atoms with Crippen LogP contribution in [0.3, 0.4) is 0 Å². The zero-order valence-electron chi connectivity index (χ0n) is 49.1. The molecule has 2 fully saturated rings. The summed E-state index contributed by atoms with van der Waals surface area (Å²) in [6.07, 6.45) is 51.1. The molecule has 14 nitrogen and oxygen atoms in total. The van der Waals surface area contributed by atoms with Crippen LogP contribution in [0.1, 0.15) is 226 Å². The van der Waals surface area contributed by atoms with Crippen molar-refractivity contribution in [3.05, 3.63) is 85.1 Å². The molecule has 14 heteroatoms. The molecule has 2 aliphatic heterocycles. The monoisotopic (exact) mass is 1120 g/mol. The first kappa shape index (κ1) is 72.3. The molecule has 0 saturated carbocycles. The van der Waals surface area contributed by atoms with Crippen LogP contribution in [0.4, 0.5) is 0 Å². The quantitative estimate of drug-likeness (QED) is 0.0204. The molecule has 0 spiro atoms. The first-order valence-electron chi connectivity index (χ1n) is 31.3. The molecule has 2 aliphatic rings. The van der Waals surface area contributed by atoms with Gasteiger partial charge >= 0.3 is 0 Å². The molecule has 0 aliphatic carbocycles. The van der Waals surface area contributed by atoms with E-state index in [4.69, 9.17) is 18.9 Å². The molecule has 79 heavy (non-hydrogen) atoms. The summed E-state index contributed by atoms with van der Waals surface area (Å²) in [5.74, 6) is -0.256. The van der Waals surface area contributed by atoms with E-state index in [0.29, 0.717) is 12.8 Å². The van der Waals surface area contributed by atoms with Gasteiger partial charge in [-0.2, -0.15) is 0 Å². The van der Waals surface area contributed by atoms with Crippen molar-refractivity contribution in [1.29, 1.82) is 0 Å². The van der Waals surface area contributed by atoms with Crippen molar-refractivity contribution in [2.24, 2.45) is 0 Å². The van der Waals surface area contributed by atoms with Gasteiger partial charge in [0, 0.05) is 6.42 Å². The van der Waals surface area contributed by atoms with Gasteiger partial charge in [-0.25, -0.2) is 0 Å². The Labute approximate surface area is 478 Å². The van der Waals surface area contributed by atoms with Gasteiger partial charge in [0.25, 0.3) is 0 Å². The Morgan fingerprint density at radius 2 is 0.848 bits per heavy atom. The second-order valence-corrected chi connectivity index (χ2v) is 21.8. The maximum atomic E-state index is 13.2. The topological polar surface area (TPSA) is 228 Å². The van der Waals surface area contributed by atoms with Gasteiger partial charge in [-0.3, -0.25) is 4.79 Å². The maximum Gasteiger partial charge on any atom is 0.220 e. The first-order valence-corrected chi connectivity index (χ1v) is 31.3. The third kappa shape index (κ3) is 35.0. The van der Waals surface area contributed by atoms with Crippen molar-refractivity contribution >= 4 is 5.91 Å². The molecule has 1 amide bonds. The minimum Gasteiger partial charge on any atom is -0.394 e. The third-order valence-electron chi connectivity index (χ3n) is 14.8. The summed E-state index contributed by atoms with van der Waals surface area (Å²) in [7, 11) is 0. The van der Waals surface area contributed by atoms with Gasteiger partial charge in [-0.05, 0) is 77.0 Å². The lowest BCUT2D eigenvalue weighted by molar-refractivity contribution is -0.359. The molecule has 0 radical (unpaired) electrons. The van der Waals surface area contributed by atoms with Crippen LogP contribution >= 0.6 is 0 Å². The molecule has 0 aromatic heterocycles. The van der Waals surface area contributed by atoms with Crippen molar-refractivity contribution in [3.8, 4) is 0 Å². The smallest absolute Gasteiger partial charge is 0.220 e. The summed E-state index contributed by atoms with van der Waals surface area (Å²) in [6.45, 7) is 2.52. The first-order chi connectivity index (χ1) is 38.6. The molecule has 2 saturated heterocycles. The standard InChI is InChI=1S/C65H113NO13/c1-3-5-7-9-11-13-15-16-17-18-19-20-21-22-23-24-25-26-27-28-29-30-31-32-33-34-35-36-37-38-39-41-43-45-47-49-57(70)66-53(54(69)48-46-44-42-40-14-12-10-8-6-4-2)52-76-64-62(75)60(73)63(56(51-68)78-64)79-65-61(74)59(72)58(71)55(50-67)77-65/h5-8,11,13-14,16-17,19-20,40,46,48,53-56,58-65,67-69,71-75H,3-4,9-10,12,15,18,21-39,41-45,47,49-52H2,1-2H3,(H,66,70)/b7-5-,8-6+,13-11-,17-16-,20-19-,40-14+,48-46+. The fraction of sp³-hybridized carbons (Fsp3) is 0.769. The van der Waals surface area contributed by atoms with Crippen LogP contribution in [-0.2, 0) is 23.7 Å². The Bertz CT molecular complexity index is 1650. The zero-order chi connectivity index (χ0) is 57.4. The van der Waals surface area contributed by atoms with Crippen LogP contribution in [0.25, 0.3) is 0 Å². The molecule has 2 heterocycles. The molecular formula is C65H113NO13. The summed E-state index contributed by atoms with van der Waals surface area (Å²) in [6, 6.07) is -0.938. The fourth-order valence-corrected chi connectivity index (χ4v) is 9.85. The van der Waals surface area contributed by atoms with E-state index in [1.807, 2.05) is 6.08 Å². The highest BCUT2D eigenvalue weighted by Gasteiger charge is 2.51. The molecule has 12 atom stereocenters.